The Kier molecular flexibility index (Phi) is 4.69. The van der Waals surface area contributed by atoms with Crippen LogP contribution in [0.1, 0.15) is 37.3 Å². The number of amides is 1. The Morgan fingerprint density at radius 3 is 2.77 bits per heavy atom. The zero-order valence-electron chi connectivity index (χ0n) is 14.8. The van der Waals surface area contributed by atoms with E-state index in [1.807, 2.05) is 23.2 Å². The van der Waals surface area contributed by atoms with Crippen molar-refractivity contribution in [3.05, 3.63) is 42.2 Å². The van der Waals surface area contributed by atoms with E-state index in [-0.39, 0.29) is 29.2 Å². The van der Waals surface area contributed by atoms with Gasteiger partial charge in [0.2, 0.25) is 5.91 Å². The molecule has 2 aromatic rings. The van der Waals surface area contributed by atoms with Gasteiger partial charge < -0.3 is 4.90 Å². The van der Waals surface area contributed by atoms with Crippen LogP contribution in [0.3, 0.4) is 0 Å². The summed E-state index contributed by atoms with van der Waals surface area (Å²) in [7, 11) is -2.93. The highest BCUT2D eigenvalue weighted by atomic mass is 32.2. The third-order valence-electron chi connectivity index (χ3n) is 5.63. The molecule has 2 aliphatic heterocycles. The van der Waals surface area contributed by atoms with Gasteiger partial charge in [-0.2, -0.15) is 0 Å². The molecule has 0 saturated carbocycles. The first-order valence-electron chi connectivity index (χ1n) is 9.33. The number of nitrogens with zero attached hydrogens (tertiary/aromatic N) is 2. The third kappa shape index (κ3) is 3.75. The lowest BCUT2D eigenvalue weighted by molar-refractivity contribution is -0.133. The first-order valence-corrected chi connectivity index (χ1v) is 11.2. The van der Waals surface area contributed by atoms with Crippen LogP contribution in [0.4, 0.5) is 0 Å². The topological polar surface area (TPSA) is 67.3 Å². The van der Waals surface area contributed by atoms with Crippen molar-refractivity contribution in [1.82, 2.24) is 9.88 Å². The average Bonchev–Trinajstić information content (AvgIpc) is 2.99. The van der Waals surface area contributed by atoms with Crippen molar-refractivity contribution in [2.24, 2.45) is 5.92 Å². The van der Waals surface area contributed by atoms with Crippen LogP contribution in [-0.2, 0) is 14.6 Å². The molecule has 0 N–H and O–H groups in total. The fourth-order valence-corrected chi connectivity index (χ4v) is 6.04. The lowest BCUT2D eigenvalue weighted by Gasteiger charge is -2.33. The molecule has 2 aliphatic rings. The van der Waals surface area contributed by atoms with Gasteiger partial charge in [-0.1, -0.05) is 24.3 Å². The molecule has 0 bridgehead atoms. The maximum atomic E-state index is 12.7. The van der Waals surface area contributed by atoms with Crippen molar-refractivity contribution in [1.29, 1.82) is 0 Å². The van der Waals surface area contributed by atoms with Gasteiger partial charge >= 0.3 is 0 Å². The Hall–Kier alpha value is -1.95. The molecule has 138 valence electrons. The molecule has 2 unspecified atom stereocenters. The Balaban J connectivity index is 1.44. The number of pyridine rings is 1. The summed E-state index contributed by atoms with van der Waals surface area (Å²) >= 11 is 0. The smallest absolute Gasteiger partial charge is 0.222 e. The minimum Gasteiger partial charge on any atom is -0.342 e. The van der Waals surface area contributed by atoms with Crippen LogP contribution in [0.5, 0.6) is 0 Å². The Labute approximate surface area is 154 Å². The van der Waals surface area contributed by atoms with E-state index in [1.165, 1.54) is 5.39 Å². The first-order chi connectivity index (χ1) is 12.5. The van der Waals surface area contributed by atoms with Crippen LogP contribution < -0.4 is 0 Å². The SMILES string of the molecule is O=C(CC1CCS(=O)(=O)C1)N1CCCC(c2cc3ccccc3cn2)C1. The van der Waals surface area contributed by atoms with E-state index >= 15 is 0 Å². The molecule has 2 saturated heterocycles. The highest BCUT2D eigenvalue weighted by Crippen LogP contribution is 2.29. The second kappa shape index (κ2) is 6.99. The number of aromatic nitrogens is 1. The molecular weight excluding hydrogens is 348 g/mol. The predicted molar refractivity (Wildman–Crippen MR) is 102 cm³/mol. The Bertz CT molecular complexity index is 926. The number of carbonyl (C=O) groups excluding carboxylic acids is 1. The molecule has 0 spiro atoms. The maximum Gasteiger partial charge on any atom is 0.222 e. The van der Waals surface area contributed by atoms with Gasteiger partial charge in [0.05, 0.1) is 11.5 Å². The fourth-order valence-electron chi connectivity index (χ4n) is 4.18. The molecule has 1 aromatic heterocycles. The summed E-state index contributed by atoms with van der Waals surface area (Å²) in [6, 6.07) is 10.3. The first kappa shape index (κ1) is 17.5. The second-order valence-electron chi connectivity index (χ2n) is 7.61. The number of likely N-dealkylation sites (tertiary alicyclic amines) is 1. The van der Waals surface area contributed by atoms with Crippen LogP contribution >= 0.6 is 0 Å². The molecule has 6 heteroatoms. The molecule has 5 nitrogen and oxygen atoms in total. The van der Waals surface area contributed by atoms with Crippen LogP contribution in [0.2, 0.25) is 0 Å². The highest BCUT2D eigenvalue weighted by molar-refractivity contribution is 7.91. The van der Waals surface area contributed by atoms with Gasteiger partial charge in [-0.05, 0) is 36.6 Å². The normalized spacial score (nSPS) is 25.5. The third-order valence-corrected chi connectivity index (χ3v) is 7.47. The van der Waals surface area contributed by atoms with Crippen LogP contribution in [0, 0.1) is 5.92 Å². The fraction of sp³-hybridized carbons (Fsp3) is 0.500. The molecule has 2 fully saturated rings. The van der Waals surface area contributed by atoms with Crippen molar-refractivity contribution < 1.29 is 13.2 Å². The monoisotopic (exact) mass is 372 g/mol. The number of rotatable bonds is 3. The van der Waals surface area contributed by atoms with Gasteiger partial charge in [0.1, 0.15) is 0 Å². The van der Waals surface area contributed by atoms with Gasteiger partial charge in [-0.3, -0.25) is 9.78 Å². The highest BCUT2D eigenvalue weighted by Gasteiger charge is 2.32. The lowest BCUT2D eigenvalue weighted by Crippen LogP contribution is -2.40. The van der Waals surface area contributed by atoms with Crippen molar-refractivity contribution in [3.63, 3.8) is 0 Å². The number of benzene rings is 1. The van der Waals surface area contributed by atoms with Crippen LogP contribution in [-0.4, -0.2) is 48.8 Å². The summed E-state index contributed by atoms with van der Waals surface area (Å²) in [5.41, 5.74) is 1.05. The molecule has 1 amide bonds. The summed E-state index contributed by atoms with van der Waals surface area (Å²) in [5, 5.41) is 2.31. The standard InChI is InChI=1S/C20H24N2O3S/c23-20(10-15-7-9-26(24,25)14-15)22-8-3-6-18(13-22)19-11-16-4-1-2-5-17(16)12-21-19/h1-2,4-5,11-12,15,18H,3,6-10,13-14H2. The summed E-state index contributed by atoms with van der Waals surface area (Å²) in [6.45, 7) is 1.45. The van der Waals surface area contributed by atoms with Crippen molar-refractivity contribution in [2.45, 2.75) is 31.6 Å². The second-order valence-corrected chi connectivity index (χ2v) is 9.84. The molecular formula is C20H24N2O3S. The maximum absolute atomic E-state index is 12.7. The summed E-state index contributed by atoms with van der Waals surface area (Å²) in [5.74, 6) is 0.741. The van der Waals surface area contributed by atoms with Gasteiger partial charge in [0.15, 0.2) is 9.84 Å². The summed E-state index contributed by atoms with van der Waals surface area (Å²) in [6.07, 6.45) is 4.89. The minimum absolute atomic E-state index is 0.00771. The predicted octanol–water partition coefficient (Wildman–Crippen LogP) is 2.77. The molecule has 1 aromatic carbocycles. The van der Waals surface area contributed by atoms with Crippen molar-refractivity contribution in [2.75, 3.05) is 24.6 Å². The number of fused-ring (bicyclic) bond motifs is 1. The Morgan fingerprint density at radius 1 is 1.19 bits per heavy atom. The minimum atomic E-state index is -2.93. The molecule has 26 heavy (non-hydrogen) atoms. The number of sulfone groups is 1. The number of piperidine rings is 1. The number of carbonyl (C=O) groups is 1. The van der Waals surface area contributed by atoms with Crippen LogP contribution in [0.25, 0.3) is 10.8 Å². The summed E-state index contributed by atoms with van der Waals surface area (Å²) in [4.78, 5) is 19.2. The largest absolute Gasteiger partial charge is 0.342 e. The van der Waals surface area contributed by atoms with Gasteiger partial charge in [0.25, 0.3) is 0 Å². The average molecular weight is 372 g/mol. The lowest BCUT2D eigenvalue weighted by atomic mass is 9.92. The summed E-state index contributed by atoms with van der Waals surface area (Å²) < 4.78 is 23.2. The van der Waals surface area contributed by atoms with E-state index in [4.69, 9.17) is 0 Å². The van der Waals surface area contributed by atoms with E-state index in [2.05, 4.69) is 23.2 Å². The number of hydrogen-bond donors (Lipinski definition) is 0. The molecule has 0 aliphatic carbocycles. The van der Waals surface area contributed by atoms with E-state index in [0.29, 0.717) is 19.4 Å². The zero-order valence-corrected chi connectivity index (χ0v) is 15.6. The molecule has 4 rings (SSSR count). The molecule has 0 radical (unpaired) electrons. The molecule has 2 atom stereocenters. The Morgan fingerprint density at radius 2 is 2.00 bits per heavy atom. The number of hydrogen-bond acceptors (Lipinski definition) is 4. The quantitative estimate of drug-likeness (QED) is 0.831. The van der Waals surface area contributed by atoms with Crippen molar-refractivity contribution in [3.8, 4) is 0 Å². The van der Waals surface area contributed by atoms with E-state index in [9.17, 15) is 13.2 Å². The van der Waals surface area contributed by atoms with Gasteiger partial charge in [0, 0.05) is 42.7 Å². The van der Waals surface area contributed by atoms with E-state index < -0.39 is 9.84 Å². The van der Waals surface area contributed by atoms with Crippen molar-refractivity contribution >= 4 is 26.5 Å². The van der Waals surface area contributed by atoms with Crippen LogP contribution in [0.15, 0.2) is 36.5 Å². The van der Waals surface area contributed by atoms with E-state index in [0.717, 1.165) is 30.5 Å². The molecule has 3 heterocycles. The zero-order chi connectivity index (χ0) is 18.1. The van der Waals surface area contributed by atoms with Gasteiger partial charge in [-0.15, -0.1) is 0 Å². The van der Waals surface area contributed by atoms with Gasteiger partial charge in [-0.25, -0.2) is 8.42 Å². The van der Waals surface area contributed by atoms with E-state index in [1.54, 1.807) is 0 Å².